The molecule has 224 valence electrons. The molecule has 0 bridgehead atoms. The summed E-state index contributed by atoms with van der Waals surface area (Å²) in [6.07, 6.45) is 15.7. The van der Waals surface area contributed by atoms with Gasteiger partial charge < -0.3 is 21.5 Å². The third-order valence-electron chi connectivity index (χ3n) is 7.46. The Morgan fingerprint density at radius 1 is 0.756 bits per heavy atom. The number of carbonyl (C=O) groups excluding carboxylic acids is 1. The summed E-state index contributed by atoms with van der Waals surface area (Å²) in [5.41, 5.74) is 7.93. The van der Waals surface area contributed by atoms with E-state index in [-0.39, 0.29) is 43.6 Å². The Balaban J connectivity index is 0.000000748. The van der Waals surface area contributed by atoms with Crippen molar-refractivity contribution in [2.75, 3.05) is 47.1 Å². The monoisotopic (exact) mass is 576 g/mol. The number of hydrogen-bond acceptors (Lipinski definition) is 6. The molecule has 0 saturated heterocycles. The van der Waals surface area contributed by atoms with E-state index in [1.54, 1.807) is 14.2 Å². The van der Waals surface area contributed by atoms with Gasteiger partial charge >= 0.3 is 18.9 Å². The SMILES string of the molecule is COCCNC(=O)CCCc1ccc2c(n1)CCCC2.COCCNCCCCc1ccc2c(n1)CCCC2.[AlH3].[H-].[Li+]. The second kappa shape index (κ2) is 23.3. The third-order valence-corrected chi connectivity index (χ3v) is 7.46. The molecule has 2 heterocycles. The molecule has 0 unspecified atom stereocenters. The van der Waals surface area contributed by atoms with Gasteiger partial charge in [-0.1, -0.05) is 12.1 Å². The Hall–Kier alpha value is -1.22. The van der Waals surface area contributed by atoms with Gasteiger partial charge in [0.25, 0.3) is 0 Å². The van der Waals surface area contributed by atoms with Crippen molar-refractivity contribution >= 4 is 23.3 Å². The minimum Gasteiger partial charge on any atom is -1.00 e. The Bertz CT molecular complexity index is 1000. The molecular weight excluding hydrogens is 522 g/mol. The minimum atomic E-state index is 0. The van der Waals surface area contributed by atoms with Gasteiger partial charge in [0.2, 0.25) is 5.91 Å². The summed E-state index contributed by atoms with van der Waals surface area (Å²) in [6, 6.07) is 8.86. The predicted molar refractivity (Wildman–Crippen MR) is 168 cm³/mol. The fourth-order valence-corrected chi connectivity index (χ4v) is 5.20. The quantitative estimate of drug-likeness (QED) is 0.237. The molecule has 2 aliphatic carbocycles. The Morgan fingerprint density at radius 2 is 1.29 bits per heavy atom. The van der Waals surface area contributed by atoms with E-state index >= 15 is 0 Å². The smallest absolute Gasteiger partial charge is 1.00 e. The van der Waals surface area contributed by atoms with Crippen LogP contribution in [0.5, 0.6) is 0 Å². The van der Waals surface area contributed by atoms with E-state index in [0.29, 0.717) is 19.6 Å². The number of methoxy groups -OCH3 is 2. The molecule has 1 amide bonds. The van der Waals surface area contributed by atoms with Crippen molar-refractivity contribution in [3.05, 3.63) is 58.2 Å². The van der Waals surface area contributed by atoms with Crippen molar-refractivity contribution in [1.82, 2.24) is 20.6 Å². The van der Waals surface area contributed by atoms with Crippen LogP contribution in [0.4, 0.5) is 0 Å². The first-order valence-corrected chi connectivity index (χ1v) is 15.1. The fourth-order valence-electron chi connectivity index (χ4n) is 5.20. The Morgan fingerprint density at radius 3 is 1.88 bits per heavy atom. The molecule has 0 fully saturated rings. The first-order valence-electron chi connectivity index (χ1n) is 15.1. The first kappa shape index (κ1) is 37.8. The molecule has 2 aromatic rings. The molecule has 7 nitrogen and oxygen atoms in total. The zero-order valence-corrected chi connectivity index (χ0v) is 25.4. The second-order valence-electron chi connectivity index (χ2n) is 10.6. The van der Waals surface area contributed by atoms with Gasteiger partial charge in [-0.2, -0.15) is 0 Å². The van der Waals surface area contributed by atoms with Gasteiger partial charge in [-0.15, -0.1) is 0 Å². The van der Waals surface area contributed by atoms with E-state index in [9.17, 15) is 4.79 Å². The molecule has 0 radical (unpaired) electrons. The van der Waals surface area contributed by atoms with Gasteiger partial charge in [0.1, 0.15) is 0 Å². The average Bonchev–Trinajstić information content (AvgIpc) is 2.97. The van der Waals surface area contributed by atoms with Gasteiger partial charge in [-0.05, 0) is 113 Å². The third kappa shape index (κ3) is 15.2. The number of unbranched alkanes of at least 4 members (excludes halogenated alkanes) is 1. The summed E-state index contributed by atoms with van der Waals surface area (Å²) < 4.78 is 9.89. The number of carbonyl (C=O) groups is 1. The standard InChI is InChI=1S/C16H24N2O2.C16H26N2O.Al.Li.4H/c1-20-12-11-17-16(19)8-4-6-14-10-9-13-5-2-3-7-15(13)18-14;1-19-13-12-17-11-5-4-7-15-10-9-14-6-2-3-8-16(14)18-15;;;;;;/h9-10H,2-8,11-12H2,1H3,(H,17,19);9-10,17H,2-8,11-13H2,1H3;;;;;;/q;;;+1;;;;-1. The van der Waals surface area contributed by atoms with E-state index < -0.39 is 0 Å². The van der Waals surface area contributed by atoms with Crippen LogP contribution in [-0.2, 0) is 52.8 Å². The predicted octanol–water partition coefficient (Wildman–Crippen LogP) is 0.497. The molecule has 9 heteroatoms. The van der Waals surface area contributed by atoms with Gasteiger partial charge in [-0.25, -0.2) is 0 Å². The van der Waals surface area contributed by atoms with Crippen molar-refractivity contribution < 1.29 is 34.6 Å². The van der Waals surface area contributed by atoms with E-state index in [2.05, 4.69) is 34.9 Å². The maximum atomic E-state index is 11.6. The van der Waals surface area contributed by atoms with Crippen molar-refractivity contribution in [3.8, 4) is 0 Å². The molecule has 41 heavy (non-hydrogen) atoms. The van der Waals surface area contributed by atoms with E-state index in [1.165, 1.54) is 86.0 Å². The summed E-state index contributed by atoms with van der Waals surface area (Å²) in [5.74, 6) is 0.0972. The molecule has 0 atom stereocenters. The minimum absolute atomic E-state index is 0. The molecule has 4 rings (SSSR count). The summed E-state index contributed by atoms with van der Waals surface area (Å²) in [6.45, 7) is 3.98. The number of hydrogen-bond donors (Lipinski definition) is 2. The number of fused-ring (bicyclic) bond motifs is 2. The van der Waals surface area contributed by atoms with Crippen LogP contribution >= 0.6 is 0 Å². The number of rotatable bonds is 15. The van der Waals surface area contributed by atoms with Gasteiger partial charge in [-0.3, -0.25) is 14.8 Å². The van der Waals surface area contributed by atoms with Crippen LogP contribution in [-0.4, -0.2) is 80.3 Å². The van der Waals surface area contributed by atoms with Crippen molar-refractivity contribution in [2.45, 2.75) is 89.9 Å². The van der Waals surface area contributed by atoms with E-state index in [4.69, 9.17) is 19.4 Å². The van der Waals surface area contributed by atoms with E-state index in [0.717, 1.165) is 51.1 Å². The number of nitrogens with one attached hydrogen (secondary N) is 2. The molecule has 0 aromatic carbocycles. The zero-order chi connectivity index (χ0) is 27.5. The van der Waals surface area contributed by atoms with Crippen molar-refractivity contribution in [1.29, 1.82) is 0 Å². The molecular formula is C32H54AlLiN4O3. The van der Waals surface area contributed by atoms with Gasteiger partial charge in [0.05, 0.1) is 13.2 Å². The molecule has 2 aliphatic rings. The largest absolute Gasteiger partial charge is 1.00 e. The van der Waals surface area contributed by atoms with Crippen LogP contribution in [0.15, 0.2) is 24.3 Å². The second-order valence-corrected chi connectivity index (χ2v) is 10.6. The average molecular weight is 577 g/mol. The number of pyridine rings is 2. The topological polar surface area (TPSA) is 85.4 Å². The van der Waals surface area contributed by atoms with E-state index in [1.807, 2.05) is 0 Å². The zero-order valence-electron chi connectivity index (χ0n) is 26.4. The number of nitrogens with zero attached hydrogens (tertiary/aromatic N) is 2. The first-order chi connectivity index (χ1) is 19.2. The summed E-state index contributed by atoms with van der Waals surface area (Å²) in [4.78, 5) is 21.1. The Labute approximate surface area is 272 Å². The summed E-state index contributed by atoms with van der Waals surface area (Å²) in [7, 11) is 3.37. The van der Waals surface area contributed by atoms with Crippen LogP contribution in [0, 0.1) is 0 Å². The normalized spacial score (nSPS) is 13.4. The maximum Gasteiger partial charge on any atom is 1.00 e. The Kier molecular flexibility index (Phi) is 21.4. The number of amides is 1. The van der Waals surface area contributed by atoms with Crippen molar-refractivity contribution in [3.63, 3.8) is 0 Å². The molecule has 0 spiro atoms. The van der Waals surface area contributed by atoms with Gasteiger partial charge in [0, 0.05) is 56.5 Å². The van der Waals surface area contributed by atoms with Crippen LogP contribution < -0.4 is 29.5 Å². The fraction of sp³-hybridized carbons (Fsp3) is 0.656. The molecule has 2 aromatic heterocycles. The van der Waals surface area contributed by atoms with Crippen LogP contribution in [0.1, 0.15) is 86.7 Å². The summed E-state index contributed by atoms with van der Waals surface area (Å²) >= 11 is 0. The summed E-state index contributed by atoms with van der Waals surface area (Å²) in [5, 5.41) is 6.21. The molecule has 0 saturated carbocycles. The maximum absolute atomic E-state index is 11.6. The van der Waals surface area contributed by atoms with Gasteiger partial charge in [0.15, 0.2) is 17.4 Å². The van der Waals surface area contributed by atoms with Crippen LogP contribution in [0.3, 0.4) is 0 Å². The molecule has 2 N–H and O–H groups in total. The van der Waals surface area contributed by atoms with Crippen LogP contribution in [0.25, 0.3) is 0 Å². The number of aryl methyl sites for hydroxylation is 6. The number of ether oxygens (including phenoxy) is 2. The number of aromatic nitrogens is 2. The molecule has 0 aliphatic heterocycles. The van der Waals surface area contributed by atoms with Crippen LogP contribution in [0.2, 0.25) is 0 Å². The van der Waals surface area contributed by atoms with Crippen molar-refractivity contribution in [2.24, 2.45) is 0 Å².